The fourth-order valence-corrected chi connectivity index (χ4v) is 6.19. The zero-order chi connectivity index (χ0) is 33.4. The summed E-state index contributed by atoms with van der Waals surface area (Å²) in [6, 6.07) is 6.98. The lowest BCUT2D eigenvalue weighted by molar-refractivity contribution is -0.135. The zero-order valence-corrected chi connectivity index (χ0v) is 28.6. The van der Waals surface area contributed by atoms with Gasteiger partial charge >= 0.3 is 6.03 Å². The number of urea groups is 1. The van der Waals surface area contributed by atoms with Crippen LogP contribution in [0, 0.1) is 17.3 Å². The van der Waals surface area contributed by atoms with Gasteiger partial charge in [-0.05, 0) is 49.5 Å². The summed E-state index contributed by atoms with van der Waals surface area (Å²) in [5.41, 5.74) is -0.809. The van der Waals surface area contributed by atoms with E-state index in [1.807, 2.05) is 85.7 Å². The molecule has 1 heterocycles. The molecule has 44 heavy (non-hydrogen) atoms. The highest BCUT2D eigenvalue weighted by molar-refractivity contribution is 7.81. The monoisotopic (exact) mass is 629 g/mol. The van der Waals surface area contributed by atoms with Gasteiger partial charge in [0, 0.05) is 25.0 Å². The average molecular weight is 630 g/mol. The number of amides is 6. The van der Waals surface area contributed by atoms with Gasteiger partial charge in [-0.2, -0.15) is 0 Å². The smallest absolute Gasteiger partial charge is 0.327 e. The highest BCUT2D eigenvalue weighted by Gasteiger charge is 2.54. The molecule has 0 aliphatic carbocycles. The normalized spacial score (nSPS) is 16.9. The van der Waals surface area contributed by atoms with Gasteiger partial charge in [0.25, 0.3) is 5.91 Å². The second-order valence-electron chi connectivity index (χ2n) is 12.9. The highest BCUT2D eigenvalue weighted by Crippen LogP contribution is 2.34. The van der Waals surface area contributed by atoms with Gasteiger partial charge in [0.1, 0.15) is 17.6 Å². The van der Waals surface area contributed by atoms with Gasteiger partial charge in [-0.25, -0.2) is 4.79 Å². The van der Waals surface area contributed by atoms with Gasteiger partial charge < -0.3 is 20.9 Å². The predicted molar refractivity (Wildman–Crippen MR) is 176 cm³/mol. The summed E-state index contributed by atoms with van der Waals surface area (Å²) >= 11 is 5.82. The maximum absolute atomic E-state index is 14.0. The molecule has 1 aliphatic heterocycles. The number of imide groups is 1. The molecule has 0 saturated carbocycles. The summed E-state index contributed by atoms with van der Waals surface area (Å²) in [7, 11) is 1.51. The predicted octanol–water partition coefficient (Wildman–Crippen LogP) is 4.06. The summed E-state index contributed by atoms with van der Waals surface area (Å²) in [6.07, 6.45) is 1.40. The summed E-state index contributed by atoms with van der Waals surface area (Å²) in [4.78, 5) is 70.3. The Balaban J connectivity index is 2.40. The summed E-state index contributed by atoms with van der Waals surface area (Å²) in [5.74, 6) is -2.40. The summed E-state index contributed by atoms with van der Waals surface area (Å²) in [5, 5.41) is 8.34. The van der Waals surface area contributed by atoms with E-state index in [1.165, 1.54) is 11.9 Å². The van der Waals surface area contributed by atoms with Crippen LogP contribution < -0.4 is 16.0 Å². The lowest BCUT2D eigenvalue weighted by Gasteiger charge is -2.32. The zero-order valence-electron chi connectivity index (χ0n) is 27.8. The second-order valence-corrected chi connectivity index (χ2v) is 13.3. The number of nitrogens with zero attached hydrogens (tertiary/aromatic N) is 2. The molecule has 0 radical (unpaired) electrons. The molecule has 0 unspecified atom stereocenters. The second kappa shape index (κ2) is 15.6. The first-order valence-electron chi connectivity index (χ1n) is 15.6. The topological polar surface area (TPSA) is 128 Å². The fraction of sp³-hybridized carbons (Fsp3) is 0.636. The minimum atomic E-state index is -0.934. The van der Waals surface area contributed by atoms with Crippen molar-refractivity contribution in [2.45, 2.75) is 98.7 Å². The Morgan fingerprint density at radius 3 is 1.98 bits per heavy atom. The van der Waals surface area contributed by atoms with Crippen molar-refractivity contribution in [3.8, 4) is 0 Å². The molecule has 0 aromatic heterocycles. The third kappa shape index (κ3) is 8.22. The van der Waals surface area contributed by atoms with Crippen molar-refractivity contribution in [2.24, 2.45) is 17.3 Å². The molecule has 3 N–H and O–H groups in total. The molecular weight excluding hydrogens is 578 g/mol. The number of rotatable bonds is 15. The Kier molecular flexibility index (Phi) is 13.1. The van der Waals surface area contributed by atoms with E-state index >= 15 is 0 Å². The number of thiocarbonyl (C=S) groups is 1. The number of nitrogens with one attached hydrogen (secondary N) is 3. The maximum atomic E-state index is 14.0. The molecule has 3 atom stereocenters. The van der Waals surface area contributed by atoms with Crippen LogP contribution in [0.2, 0.25) is 0 Å². The molecule has 0 spiro atoms. The van der Waals surface area contributed by atoms with Crippen molar-refractivity contribution in [3.63, 3.8) is 0 Å². The molecule has 1 saturated heterocycles. The van der Waals surface area contributed by atoms with E-state index in [0.29, 0.717) is 36.2 Å². The molecule has 244 valence electrons. The van der Waals surface area contributed by atoms with Crippen LogP contribution >= 0.6 is 12.2 Å². The Morgan fingerprint density at radius 1 is 0.932 bits per heavy atom. The third-order valence-electron chi connectivity index (χ3n) is 8.44. The van der Waals surface area contributed by atoms with Gasteiger partial charge in [0.2, 0.25) is 17.7 Å². The van der Waals surface area contributed by atoms with Crippen molar-refractivity contribution < 1.29 is 24.0 Å². The lowest BCUT2D eigenvalue weighted by Crippen LogP contribution is -2.58. The van der Waals surface area contributed by atoms with Crippen LogP contribution in [0.5, 0.6) is 0 Å². The van der Waals surface area contributed by atoms with E-state index in [4.69, 9.17) is 12.2 Å². The SMILES string of the molecule is CCN1C(=O)N(CC[C@@H](C(=O)N[C@@H](CC(C)C)C(=O)N[C@H](C(=O)NC)C(C)(C)C)C(=S)c2ccccc2)C(=O)C1(CC)CC. The van der Waals surface area contributed by atoms with E-state index < -0.39 is 40.8 Å². The average Bonchev–Trinajstić information content (AvgIpc) is 3.19. The quantitative estimate of drug-likeness (QED) is 0.153. The molecular formula is C33H51N5O5S. The number of likely N-dealkylation sites (N-methyl/N-ethyl adjacent to an activating group) is 2. The molecule has 0 bridgehead atoms. The van der Waals surface area contributed by atoms with Gasteiger partial charge in [0.05, 0.1) is 5.92 Å². The highest BCUT2D eigenvalue weighted by atomic mass is 32.1. The Labute approximate surface area is 268 Å². The van der Waals surface area contributed by atoms with Crippen LogP contribution in [0.25, 0.3) is 0 Å². The van der Waals surface area contributed by atoms with E-state index in [-0.39, 0.29) is 36.7 Å². The standard InChI is InChI=1S/C33H51N5O5S/c1-10-33(11-2)30(42)37(31(43)38(33)12-3)19-18-23(25(44)22-16-14-13-15-17-22)27(39)35-24(20-21(4)5)28(40)36-26(29(41)34-9)32(6,7)8/h13-17,21,23-24,26H,10-12,18-20H2,1-9H3,(H,34,41)(H,35,39)(H,36,40)/t23-,24+,26-/m1/s1. The largest absolute Gasteiger partial charge is 0.357 e. The van der Waals surface area contributed by atoms with E-state index in [2.05, 4.69) is 16.0 Å². The molecule has 6 amide bonds. The molecule has 1 aromatic rings. The molecule has 1 aromatic carbocycles. The van der Waals surface area contributed by atoms with Crippen molar-refractivity contribution in [1.82, 2.24) is 25.8 Å². The molecule has 1 aliphatic rings. The van der Waals surface area contributed by atoms with Crippen molar-refractivity contribution in [1.29, 1.82) is 0 Å². The van der Waals surface area contributed by atoms with E-state index in [9.17, 15) is 24.0 Å². The Bertz CT molecular complexity index is 1210. The van der Waals surface area contributed by atoms with E-state index in [1.54, 1.807) is 4.90 Å². The van der Waals surface area contributed by atoms with Crippen molar-refractivity contribution in [2.75, 3.05) is 20.1 Å². The maximum Gasteiger partial charge on any atom is 0.327 e. The third-order valence-corrected chi connectivity index (χ3v) is 8.96. The van der Waals surface area contributed by atoms with Crippen molar-refractivity contribution >= 4 is 46.7 Å². The minimum absolute atomic E-state index is 0.00475. The van der Waals surface area contributed by atoms with Gasteiger partial charge in [-0.1, -0.05) is 91.0 Å². The molecule has 2 rings (SSSR count). The van der Waals surface area contributed by atoms with Crippen LogP contribution in [0.15, 0.2) is 30.3 Å². The van der Waals surface area contributed by atoms with E-state index in [0.717, 1.165) is 0 Å². The fourth-order valence-electron chi connectivity index (χ4n) is 5.83. The van der Waals surface area contributed by atoms with Crippen LogP contribution in [0.4, 0.5) is 4.79 Å². The van der Waals surface area contributed by atoms with Crippen LogP contribution in [-0.4, -0.2) is 82.1 Å². The minimum Gasteiger partial charge on any atom is -0.357 e. The number of carbonyl (C=O) groups excluding carboxylic acids is 5. The Morgan fingerprint density at radius 2 is 1.52 bits per heavy atom. The number of hydrogen-bond donors (Lipinski definition) is 3. The first kappa shape index (κ1) is 36.8. The number of carbonyl (C=O) groups is 5. The van der Waals surface area contributed by atoms with Gasteiger partial charge in [0.15, 0.2) is 0 Å². The molecule has 1 fully saturated rings. The molecule has 11 heteroatoms. The van der Waals surface area contributed by atoms with Crippen molar-refractivity contribution in [3.05, 3.63) is 35.9 Å². The van der Waals surface area contributed by atoms with Gasteiger partial charge in [-0.3, -0.25) is 24.1 Å². The number of benzene rings is 1. The first-order valence-corrected chi connectivity index (χ1v) is 16.0. The summed E-state index contributed by atoms with van der Waals surface area (Å²) < 4.78 is 0. The number of hydrogen-bond acceptors (Lipinski definition) is 6. The first-order chi connectivity index (χ1) is 20.6. The molecule has 10 nitrogen and oxygen atoms in total. The van der Waals surface area contributed by atoms with Crippen LogP contribution in [-0.2, 0) is 19.2 Å². The van der Waals surface area contributed by atoms with Gasteiger partial charge in [-0.15, -0.1) is 0 Å². The Hall–Kier alpha value is -3.34. The summed E-state index contributed by atoms with van der Waals surface area (Å²) in [6.45, 7) is 15.5. The van der Waals surface area contributed by atoms with Crippen LogP contribution in [0.1, 0.15) is 86.6 Å². The van der Waals surface area contributed by atoms with Crippen LogP contribution in [0.3, 0.4) is 0 Å². The lowest BCUT2D eigenvalue weighted by atomic mass is 9.85.